The Morgan fingerprint density at radius 1 is 1.11 bits per heavy atom. The van der Waals surface area contributed by atoms with Gasteiger partial charge >= 0.3 is 0 Å². The quantitative estimate of drug-likeness (QED) is 0.499. The molecule has 158 valence electrons. The molecule has 0 aromatic heterocycles. The Labute approximate surface area is 174 Å². The summed E-state index contributed by atoms with van der Waals surface area (Å²) in [5, 5.41) is 10.0. The Bertz CT molecular complexity index is 610. The maximum atomic E-state index is 10.0. The van der Waals surface area contributed by atoms with Gasteiger partial charge in [-0.15, -0.1) is 0 Å². The zero-order chi connectivity index (χ0) is 20.3. The van der Waals surface area contributed by atoms with Gasteiger partial charge in [0.1, 0.15) is 0 Å². The predicted octanol–water partition coefficient (Wildman–Crippen LogP) is 7.62. The minimum atomic E-state index is -0.172. The third kappa shape index (κ3) is 4.84. The van der Waals surface area contributed by atoms with Crippen molar-refractivity contribution in [3.05, 3.63) is 35.5 Å². The SMILES string of the molecule is C=C1CCC(O)C/C1=C/C=C1\CCC[C@@]2(C)C1CCC2C(C)CCCC(C)C. The van der Waals surface area contributed by atoms with Crippen LogP contribution in [0.4, 0.5) is 0 Å². The van der Waals surface area contributed by atoms with Crippen LogP contribution in [0.1, 0.15) is 98.3 Å². The number of fused-ring (bicyclic) bond motifs is 1. The summed E-state index contributed by atoms with van der Waals surface area (Å²) < 4.78 is 0. The van der Waals surface area contributed by atoms with Gasteiger partial charge in [-0.25, -0.2) is 0 Å². The van der Waals surface area contributed by atoms with Crippen LogP contribution in [0.15, 0.2) is 35.5 Å². The molecule has 3 saturated carbocycles. The summed E-state index contributed by atoms with van der Waals surface area (Å²) in [6, 6.07) is 0. The third-order valence-electron chi connectivity index (χ3n) is 8.35. The van der Waals surface area contributed by atoms with Gasteiger partial charge < -0.3 is 5.11 Å². The van der Waals surface area contributed by atoms with Gasteiger partial charge in [-0.05, 0) is 86.0 Å². The molecule has 0 saturated heterocycles. The van der Waals surface area contributed by atoms with Crippen molar-refractivity contribution >= 4 is 0 Å². The Morgan fingerprint density at radius 3 is 2.64 bits per heavy atom. The normalized spacial score (nSPS) is 37.6. The van der Waals surface area contributed by atoms with E-state index in [1.807, 2.05) is 0 Å². The highest BCUT2D eigenvalue weighted by Gasteiger charge is 2.50. The van der Waals surface area contributed by atoms with Crippen molar-refractivity contribution in [1.29, 1.82) is 0 Å². The fourth-order valence-electron chi connectivity index (χ4n) is 6.66. The van der Waals surface area contributed by atoms with Crippen LogP contribution in [0.2, 0.25) is 0 Å². The van der Waals surface area contributed by atoms with Crippen LogP contribution < -0.4 is 0 Å². The maximum Gasteiger partial charge on any atom is 0.0583 e. The zero-order valence-corrected chi connectivity index (χ0v) is 19.0. The predicted molar refractivity (Wildman–Crippen MR) is 121 cm³/mol. The molecule has 5 atom stereocenters. The lowest BCUT2D eigenvalue weighted by Crippen LogP contribution is -2.36. The third-order valence-corrected chi connectivity index (χ3v) is 8.35. The van der Waals surface area contributed by atoms with Crippen LogP contribution in [0, 0.1) is 29.1 Å². The van der Waals surface area contributed by atoms with E-state index < -0.39 is 0 Å². The number of allylic oxidation sites excluding steroid dienone is 4. The first-order chi connectivity index (χ1) is 13.3. The van der Waals surface area contributed by atoms with E-state index in [9.17, 15) is 5.11 Å². The summed E-state index contributed by atoms with van der Waals surface area (Å²) in [6.45, 7) is 14.1. The highest BCUT2D eigenvalue weighted by Crippen LogP contribution is 2.59. The summed E-state index contributed by atoms with van der Waals surface area (Å²) in [7, 11) is 0. The minimum Gasteiger partial charge on any atom is -0.393 e. The van der Waals surface area contributed by atoms with E-state index in [-0.39, 0.29) is 6.10 Å². The van der Waals surface area contributed by atoms with E-state index in [1.54, 1.807) is 5.57 Å². The molecule has 3 fully saturated rings. The summed E-state index contributed by atoms with van der Waals surface area (Å²) in [6.07, 6.45) is 18.2. The van der Waals surface area contributed by atoms with Gasteiger partial charge in [0, 0.05) is 0 Å². The second kappa shape index (κ2) is 9.33. The molecule has 0 aromatic rings. The Morgan fingerprint density at radius 2 is 1.89 bits per heavy atom. The van der Waals surface area contributed by atoms with E-state index in [1.165, 1.54) is 62.5 Å². The van der Waals surface area contributed by atoms with Crippen molar-refractivity contribution in [2.24, 2.45) is 29.1 Å². The van der Waals surface area contributed by atoms with Crippen molar-refractivity contribution in [1.82, 2.24) is 0 Å². The number of rotatable bonds is 6. The Balaban J connectivity index is 1.70. The van der Waals surface area contributed by atoms with Crippen LogP contribution in [-0.2, 0) is 0 Å². The Hall–Kier alpha value is -0.820. The monoisotopic (exact) mass is 384 g/mol. The Kier molecular flexibility index (Phi) is 7.29. The molecular weight excluding hydrogens is 340 g/mol. The summed E-state index contributed by atoms with van der Waals surface area (Å²) in [4.78, 5) is 0. The van der Waals surface area contributed by atoms with Crippen LogP contribution in [0.5, 0.6) is 0 Å². The van der Waals surface area contributed by atoms with Gasteiger partial charge in [-0.3, -0.25) is 0 Å². The van der Waals surface area contributed by atoms with Crippen LogP contribution in [-0.4, -0.2) is 11.2 Å². The molecule has 3 aliphatic rings. The van der Waals surface area contributed by atoms with Crippen molar-refractivity contribution in [3.8, 4) is 0 Å². The zero-order valence-electron chi connectivity index (χ0n) is 19.0. The molecule has 0 spiro atoms. The second-order valence-electron chi connectivity index (χ2n) is 10.8. The van der Waals surface area contributed by atoms with E-state index in [4.69, 9.17) is 0 Å². The fourth-order valence-corrected chi connectivity index (χ4v) is 6.66. The van der Waals surface area contributed by atoms with Gasteiger partial charge in [0.2, 0.25) is 0 Å². The van der Waals surface area contributed by atoms with Crippen molar-refractivity contribution in [2.45, 2.75) is 104 Å². The summed E-state index contributed by atoms with van der Waals surface area (Å²) in [5.41, 5.74) is 4.72. The molecule has 3 rings (SSSR count). The average molecular weight is 385 g/mol. The molecule has 0 heterocycles. The fraction of sp³-hybridized carbons (Fsp3) is 0.778. The number of aliphatic hydroxyl groups excluding tert-OH is 1. The molecule has 1 N–H and O–H groups in total. The van der Waals surface area contributed by atoms with Crippen molar-refractivity contribution < 1.29 is 5.11 Å². The van der Waals surface area contributed by atoms with Gasteiger partial charge in [0.05, 0.1) is 6.10 Å². The molecular formula is C27H44O. The maximum absolute atomic E-state index is 10.0. The first-order valence-corrected chi connectivity index (χ1v) is 12.1. The molecule has 0 aliphatic heterocycles. The molecule has 1 heteroatoms. The van der Waals surface area contributed by atoms with Gasteiger partial charge in [-0.1, -0.05) is 76.8 Å². The molecule has 0 amide bonds. The van der Waals surface area contributed by atoms with Crippen LogP contribution in [0.25, 0.3) is 0 Å². The van der Waals surface area contributed by atoms with Gasteiger partial charge in [0.25, 0.3) is 0 Å². The lowest BCUT2D eigenvalue weighted by Gasteiger charge is -2.44. The second-order valence-corrected chi connectivity index (χ2v) is 10.8. The standard InChI is InChI=1S/C27H44O/c1-19(2)8-6-9-21(4)25-15-16-26-22(10-7-17-27(25,26)5)12-13-23-18-24(28)14-11-20(23)3/h12-13,19,21,24-26,28H,3,6-11,14-18H2,1-2,4-5H3/b22-12+,23-13-/t21?,24?,25?,26?,27-/m1/s1. The molecule has 0 bridgehead atoms. The van der Waals surface area contributed by atoms with E-state index >= 15 is 0 Å². The first-order valence-electron chi connectivity index (χ1n) is 12.1. The first kappa shape index (κ1) is 21.9. The van der Waals surface area contributed by atoms with Crippen molar-refractivity contribution in [3.63, 3.8) is 0 Å². The summed E-state index contributed by atoms with van der Waals surface area (Å²) in [5.74, 6) is 3.37. The number of hydrogen-bond donors (Lipinski definition) is 1. The molecule has 1 nitrogen and oxygen atoms in total. The summed E-state index contributed by atoms with van der Waals surface area (Å²) >= 11 is 0. The molecule has 3 aliphatic carbocycles. The number of hydrogen-bond acceptors (Lipinski definition) is 1. The molecule has 28 heavy (non-hydrogen) atoms. The molecule has 0 aromatic carbocycles. The molecule has 0 radical (unpaired) electrons. The largest absolute Gasteiger partial charge is 0.393 e. The highest BCUT2D eigenvalue weighted by atomic mass is 16.3. The van der Waals surface area contributed by atoms with Gasteiger partial charge in [-0.2, -0.15) is 0 Å². The van der Waals surface area contributed by atoms with Crippen LogP contribution in [0.3, 0.4) is 0 Å². The molecule has 4 unspecified atom stereocenters. The minimum absolute atomic E-state index is 0.172. The van der Waals surface area contributed by atoms with E-state index in [0.717, 1.165) is 42.9 Å². The van der Waals surface area contributed by atoms with Crippen molar-refractivity contribution in [2.75, 3.05) is 0 Å². The van der Waals surface area contributed by atoms with E-state index in [0.29, 0.717) is 5.41 Å². The topological polar surface area (TPSA) is 20.2 Å². The average Bonchev–Trinajstić information content (AvgIpc) is 2.99. The van der Waals surface area contributed by atoms with E-state index in [2.05, 4.69) is 46.4 Å². The lowest BCUT2D eigenvalue weighted by molar-refractivity contribution is 0.0929. The smallest absolute Gasteiger partial charge is 0.0583 e. The number of aliphatic hydroxyl groups is 1. The highest BCUT2D eigenvalue weighted by molar-refractivity contribution is 5.36. The lowest BCUT2D eigenvalue weighted by atomic mass is 9.60. The van der Waals surface area contributed by atoms with Crippen LogP contribution >= 0.6 is 0 Å². The van der Waals surface area contributed by atoms with Gasteiger partial charge in [0.15, 0.2) is 0 Å².